The lowest BCUT2D eigenvalue weighted by atomic mass is 10.1. The van der Waals surface area contributed by atoms with Gasteiger partial charge in [-0.2, -0.15) is 10.2 Å². The van der Waals surface area contributed by atoms with Crippen LogP contribution < -0.4 is 14.8 Å². The summed E-state index contributed by atoms with van der Waals surface area (Å²) < 4.78 is 14.4. The van der Waals surface area contributed by atoms with E-state index in [-0.39, 0.29) is 5.91 Å². The summed E-state index contributed by atoms with van der Waals surface area (Å²) >= 11 is 0. The summed E-state index contributed by atoms with van der Waals surface area (Å²) in [7, 11) is 3.17. The van der Waals surface area contributed by atoms with Gasteiger partial charge in [0.1, 0.15) is 5.69 Å². The minimum absolute atomic E-state index is 0.194. The van der Waals surface area contributed by atoms with Crippen molar-refractivity contribution in [1.29, 1.82) is 0 Å². The van der Waals surface area contributed by atoms with Crippen molar-refractivity contribution in [2.75, 3.05) is 20.8 Å². The first-order valence-corrected chi connectivity index (χ1v) is 11.9. The molecule has 0 saturated carbocycles. The Morgan fingerprint density at radius 3 is 2.32 bits per heavy atom. The molecule has 37 heavy (non-hydrogen) atoms. The summed E-state index contributed by atoms with van der Waals surface area (Å²) in [4.78, 5) is 13.3. The van der Waals surface area contributed by atoms with E-state index in [1.807, 2.05) is 89.7 Å². The number of carbonyl (C=O) groups excluding carboxylic acids is 1. The van der Waals surface area contributed by atoms with Crippen molar-refractivity contribution < 1.29 is 14.3 Å². The molecule has 0 aliphatic heterocycles. The first kappa shape index (κ1) is 23.9. The minimum Gasteiger partial charge on any atom is -0.493 e. The maximum atomic E-state index is 13.3. The predicted octanol–water partition coefficient (Wildman–Crippen LogP) is 4.71. The third-order valence-electron chi connectivity index (χ3n) is 6.04. The normalized spacial score (nSPS) is 10.8. The van der Waals surface area contributed by atoms with Crippen LogP contribution in [0.15, 0.2) is 97.5 Å². The Balaban J connectivity index is 1.36. The summed E-state index contributed by atoms with van der Waals surface area (Å²) in [6, 6.07) is 25.2. The number of hydrogen-bond acceptors (Lipinski definition) is 5. The lowest BCUT2D eigenvalue weighted by Crippen LogP contribution is -2.25. The Morgan fingerprint density at radius 2 is 1.62 bits per heavy atom. The number of nitrogens with one attached hydrogen (secondary N) is 1. The average molecular weight is 494 g/mol. The van der Waals surface area contributed by atoms with E-state index < -0.39 is 0 Å². The van der Waals surface area contributed by atoms with E-state index in [0.29, 0.717) is 35.7 Å². The number of rotatable bonds is 9. The standard InChI is InChI=1S/C29H27N5O3/c1-36-26-14-11-22(19-27(26)37-2)28-25(20-34(32-28)23-7-4-3-5-8-23)29(35)30-17-15-21-9-12-24(13-10-21)33-18-6-16-31-33/h3-14,16,18-20H,15,17H2,1-2H3,(H,30,35). The van der Waals surface area contributed by atoms with Crippen LogP contribution in [0.4, 0.5) is 0 Å². The molecule has 1 amide bonds. The quantitative estimate of drug-likeness (QED) is 0.321. The largest absolute Gasteiger partial charge is 0.493 e. The van der Waals surface area contributed by atoms with E-state index in [1.54, 1.807) is 31.3 Å². The molecule has 5 rings (SSSR count). The van der Waals surface area contributed by atoms with E-state index in [1.165, 1.54) is 0 Å². The van der Waals surface area contributed by atoms with E-state index in [2.05, 4.69) is 10.4 Å². The number of carbonyl (C=O) groups is 1. The van der Waals surface area contributed by atoms with E-state index in [0.717, 1.165) is 22.5 Å². The lowest BCUT2D eigenvalue weighted by molar-refractivity contribution is 0.0954. The Kier molecular flexibility index (Phi) is 6.98. The number of nitrogens with zero attached hydrogens (tertiary/aromatic N) is 4. The molecule has 0 radical (unpaired) electrons. The zero-order chi connectivity index (χ0) is 25.6. The van der Waals surface area contributed by atoms with E-state index in [4.69, 9.17) is 14.6 Å². The van der Waals surface area contributed by atoms with Crippen molar-refractivity contribution in [1.82, 2.24) is 24.9 Å². The van der Waals surface area contributed by atoms with Crippen LogP contribution in [0, 0.1) is 0 Å². The van der Waals surface area contributed by atoms with Crippen molar-refractivity contribution >= 4 is 5.91 Å². The van der Waals surface area contributed by atoms with Gasteiger partial charge in [0, 0.05) is 30.7 Å². The van der Waals surface area contributed by atoms with Crippen LogP contribution in [0.3, 0.4) is 0 Å². The fourth-order valence-electron chi connectivity index (χ4n) is 4.10. The van der Waals surface area contributed by atoms with Gasteiger partial charge in [0.05, 0.1) is 31.2 Å². The smallest absolute Gasteiger partial charge is 0.255 e. The molecule has 0 saturated heterocycles. The summed E-state index contributed by atoms with van der Waals surface area (Å²) in [5.74, 6) is 0.984. The maximum absolute atomic E-state index is 13.3. The first-order valence-electron chi connectivity index (χ1n) is 11.9. The molecule has 0 aliphatic rings. The van der Waals surface area contributed by atoms with Crippen molar-refractivity contribution in [2.24, 2.45) is 0 Å². The van der Waals surface area contributed by atoms with Crippen molar-refractivity contribution in [2.45, 2.75) is 6.42 Å². The average Bonchev–Trinajstić information content (AvgIpc) is 3.65. The molecule has 1 N–H and O–H groups in total. The maximum Gasteiger partial charge on any atom is 0.255 e. The predicted molar refractivity (Wildman–Crippen MR) is 142 cm³/mol. The van der Waals surface area contributed by atoms with Crippen LogP contribution in [0.1, 0.15) is 15.9 Å². The summed E-state index contributed by atoms with van der Waals surface area (Å²) in [6.07, 6.45) is 6.11. The topological polar surface area (TPSA) is 83.2 Å². The van der Waals surface area contributed by atoms with Gasteiger partial charge in [0.25, 0.3) is 5.91 Å². The Labute approximate surface area is 215 Å². The second-order valence-corrected chi connectivity index (χ2v) is 8.36. The monoisotopic (exact) mass is 493 g/mol. The van der Waals surface area contributed by atoms with Crippen molar-refractivity contribution in [3.8, 4) is 34.1 Å². The second kappa shape index (κ2) is 10.8. The number of ether oxygens (including phenoxy) is 2. The van der Waals surface area contributed by atoms with Crippen LogP contribution in [0.25, 0.3) is 22.6 Å². The second-order valence-electron chi connectivity index (χ2n) is 8.36. The highest BCUT2D eigenvalue weighted by molar-refractivity contribution is 6.00. The highest BCUT2D eigenvalue weighted by Crippen LogP contribution is 2.33. The Hall–Kier alpha value is -4.85. The summed E-state index contributed by atoms with van der Waals surface area (Å²) in [6.45, 7) is 0.488. The van der Waals surface area contributed by atoms with Gasteiger partial charge >= 0.3 is 0 Å². The van der Waals surface area contributed by atoms with Crippen LogP contribution in [-0.4, -0.2) is 46.2 Å². The number of aromatic nitrogens is 4. The van der Waals surface area contributed by atoms with Crippen LogP contribution in [0.5, 0.6) is 11.5 Å². The van der Waals surface area contributed by atoms with Crippen LogP contribution >= 0.6 is 0 Å². The van der Waals surface area contributed by atoms with E-state index >= 15 is 0 Å². The van der Waals surface area contributed by atoms with Gasteiger partial charge in [-0.1, -0.05) is 30.3 Å². The number of amides is 1. The van der Waals surface area contributed by atoms with Gasteiger partial charge in [0.15, 0.2) is 11.5 Å². The first-order chi connectivity index (χ1) is 18.2. The number of hydrogen-bond donors (Lipinski definition) is 1. The van der Waals surface area contributed by atoms with E-state index in [9.17, 15) is 4.79 Å². The Morgan fingerprint density at radius 1 is 0.865 bits per heavy atom. The van der Waals surface area contributed by atoms with Gasteiger partial charge in [-0.05, 0) is 60.5 Å². The molecule has 2 heterocycles. The molecular formula is C29H27N5O3. The fourth-order valence-corrected chi connectivity index (χ4v) is 4.10. The van der Waals surface area contributed by atoms with Crippen LogP contribution in [-0.2, 0) is 6.42 Å². The van der Waals surface area contributed by atoms with Crippen LogP contribution in [0.2, 0.25) is 0 Å². The Bertz CT molecular complexity index is 1480. The van der Waals surface area contributed by atoms with Crippen molar-refractivity contribution in [3.63, 3.8) is 0 Å². The zero-order valence-corrected chi connectivity index (χ0v) is 20.7. The molecule has 5 aromatic rings. The summed E-state index contributed by atoms with van der Waals surface area (Å²) in [5.41, 5.74) is 4.77. The molecule has 0 fully saturated rings. The minimum atomic E-state index is -0.194. The van der Waals surface area contributed by atoms with Gasteiger partial charge in [-0.15, -0.1) is 0 Å². The third-order valence-corrected chi connectivity index (χ3v) is 6.04. The molecular weight excluding hydrogens is 466 g/mol. The molecule has 0 atom stereocenters. The van der Waals surface area contributed by atoms with Gasteiger partial charge in [-0.3, -0.25) is 4.79 Å². The zero-order valence-electron chi connectivity index (χ0n) is 20.7. The number of para-hydroxylation sites is 1. The highest BCUT2D eigenvalue weighted by Gasteiger charge is 2.20. The van der Waals surface area contributed by atoms with Gasteiger partial charge in [-0.25, -0.2) is 9.36 Å². The number of methoxy groups -OCH3 is 2. The SMILES string of the molecule is COc1ccc(-c2nn(-c3ccccc3)cc2C(=O)NCCc2ccc(-n3cccn3)cc2)cc1OC. The molecule has 3 aromatic carbocycles. The van der Waals surface area contributed by atoms with Crippen molar-refractivity contribution in [3.05, 3.63) is 109 Å². The fraction of sp³-hybridized carbons (Fsp3) is 0.138. The highest BCUT2D eigenvalue weighted by atomic mass is 16.5. The molecule has 0 bridgehead atoms. The molecule has 0 spiro atoms. The third kappa shape index (κ3) is 5.23. The van der Waals surface area contributed by atoms with Gasteiger partial charge < -0.3 is 14.8 Å². The molecule has 8 heteroatoms. The summed E-state index contributed by atoms with van der Waals surface area (Å²) in [5, 5.41) is 12.1. The van der Waals surface area contributed by atoms with Gasteiger partial charge in [0.2, 0.25) is 0 Å². The molecule has 186 valence electrons. The number of benzene rings is 3. The lowest BCUT2D eigenvalue weighted by Gasteiger charge is -2.10. The molecule has 0 aliphatic carbocycles. The molecule has 0 unspecified atom stereocenters. The molecule has 2 aromatic heterocycles. The molecule has 8 nitrogen and oxygen atoms in total.